The molecule has 0 spiro atoms. The second-order valence-corrected chi connectivity index (χ2v) is 7.80. The number of ether oxygens (including phenoxy) is 1. The molecule has 5 rings (SSSR count). The highest BCUT2D eigenvalue weighted by atomic mass is 16.5. The molecule has 1 amide bonds. The molecule has 1 N–H and O–H groups in total. The van der Waals surface area contributed by atoms with Crippen molar-refractivity contribution >= 4 is 33.7 Å². The van der Waals surface area contributed by atoms with Crippen LogP contribution in [0.1, 0.15) is 5.56 Å². The molecule has 0 saturated heterocycles. The normalized spacial score (nSPS) is 11.1. The molecule has 3 aromatic carbocycles. The van der Waals surface area contributed by atoms with Gasteiger partial charge in [-0.3, -0.25) is 18.7 Å². The SMILES string of the molecule is COc1ccc(NC(=O)Cn2c(=O)n(Cc3ccccc3)c(=O)c3oc4ccccc4c32)cc1. The van der Waals surface area contributed by atoms with Crippen LogP contribution >= 0.6 is 0 Å². The van der Waals surface area contributed by atoms with Gasteiger partial charge in [0.05, 0.1) is 13.7 Å². The number of hydrogen-bond acceptors (Lipinski definition) is 5. The summed E-state index contributed by atoms with van der Waals surface area (Å²) >= 11 is 0. The maximum absolute atomic E-state index is 13.5. The molecule has 8 heteroatoms. The number of benzene rings is 3. The number of furan rings is 1. The summed E-state index contributed by atoms with van der Waals surface area (Å²) < 4.78 is 13.4. The summed E-state index contributed by atoms with van der Waals surface area (Å²) in [4.78, 5) is 39.7. The molecule has 2 heterocycles. The van der Waals surface area contributed by atoms with Gasteiger partial charge in [-0.2, -0.15) is 0 Å². The highest BCUT2D eigenvalue weighted by molar-refractivity contribution is 6.03. The summed E-state index contributed by atoms with van der Waals surface area (Å²) in [6, 6.07) is 23.1. The fraction of sp³-hybridized carbons (Fsp3) is 0.115. The molecule has 2 aromatic heterocycles. The number of fused-ring (bicyclic) bond motifs is 3. The fourth-order valence-corrected chi connectivity index (χ4v) is 3.97. The zero-order chi connectivity index (χ0) is 23.7. The van der Waals surface area contributed by atoms with Gasteiger partial charge in [0.15, 0.2) is 0 Å². The lowest BCUT2D eigenvalue weighted by Gasteiger charge is -2.12. The third kappa shape index (κ3) is 3.86. The van der Waals surface area contributed by atoms with Gasteiger partial charge in [0, 0.05) is 11.1 Å². The van der Waals surface area contributed by atoms with E-state index >= 15 is 0 Å². The second-order valence-electron chi connectivity index (χ2n) is 7.80. The van der Waals surface area contributed by atoms with Crippen LogP contribution in [0.25, 0.3) is 22.1 Å². The second kappa shape index (κ2) is 8.74. The molecular weight excluding hydrogens is 434 g/mol. The first-order valence-corrected chi connectivity index (χ1v) is 10.7. The van der Waals surface area contributed by atoms with Gasteiger partial charge in [-0.05, 0) is 42.0 Å². The number of hydrogen-bond donors (Lipinski definition) is 1. The van der Waals surface area contributed by atoms with Crippen molar-refractivity contribution in [3.05, 3.63) is 105 Å². The molecule has 0 atom stereocenters. The van der Waals surface area contributed by atoms with E-state index in [1.807, 2.05) is 30.3 Å². The Kier molecular flexibility index (Phi) is 5.47. The van der Waals surface area contributed by atoms with Gasteiger partial charge in [-0.15, -0.1) is 0 Å². The Bertz CT molecular complexity index is 1610. The Morgan fingerprint density at radius 2 is 1.62 bits per heavy atom. The van der Waals surface area contributed by atoms with Crippen LogP contribution in [0.3, 0.4) is 0 Å². The number of amides is 1. The number of methoxy groups -OCH3 is 1. The van der Waals surface area contributed by atoms with Crippen LogP contribution in [0, 0.1) is 0 Å². The monoisotopic (exact) mass is 455 g/mol. The van der Waals surface area contributed by atoms with Gasteiger partial charge in [0.25, 0.3) is 5.56 Å². The maximum Gasteiger partial charge on any atom is 0.332 e. The van der Waals surface area contributed by atoms with Crippen LogP contribution in [-0.2, 0) is 17.9 Å². The van der Waals surface area contributed by atoms with E-state index in [0.29, 0.717) is 27.9 Å². The van der Waals surface area contributed by atoms with Crippen LogP contribution in [0.4, 0.5) is 5.69 Å². The first kappa shape index (κ1) is 21.3. The molecule has 8 nitrogen and oxygen atoms in total. The highest BCUT2D eigenvalue weighted by Crippen LogP contribution is 2.25. The molecule has 0 bridgehead atoms. The first-order chi connectivity index (χ1) is 16.5. The average Bonchev–Trinajstić information content (AvgIpc) is 3.25. The van der Waals surface area contributed by atoms with Crippen molar-refractivity contribution in [3.8, 4) is 5.75 Å². The van der Waals surface area contributed by atoms with E-state index in [2.05, 4.69) is 5.32 Å². The molecule has 5 aromatic rings. The number of carbonyl (C=O) groups is 1. The van der Waals surface area contributed by atoms with E-state index in [9.17, 15) is 14.4 Å². The number of nitrogens with one attached hydrogen (secondary N) is 1. The van der Waals surface area contributed by atoms with E-state index in [1.165, 1.54) is 4.57 Å². The van der Waals surface area contributed by atoms with E-state index < -0.39 is 17.2 Å². The van der Waals surface area contributed by atoms with Crippen molar-refractivity contribution < 1.29 is 13.9 Å². The van der Waals surface area contributed by atoms with E-state index in [-0.39, 0.29) is 18.7 Å². The smallest absolute Gasteiger partial charge is 0.332 e. The third-order valence-electron chi connectivity index (χ3n) is 5.60. The summed E-state index contributed by atoms with van der Waals surface area (Å²) in [5.74, 6) is 0.248. The number of carbonyl (C=O) groups excluding carboxylic acids is 1. The third-order valence-corrected chi connectivity index (χ3v) is 5.60. The Hall–Kier alpha value is -4.59. The van der Waals surface area contributed by atoms with Gasteiger partial charge in [0.2, 0.25) is 11.5 Å². The van der Waals surface area contributed by atoms with Gasteiger partial charge < -0.3 is 14.5 Å². The van der Waals surface area contributed by atoms with E-state index in [4.69, 9.17) is 9.15 Å². The van der Waals surface area contributed by atoms with Crippen LogP contribution in [0.2, 0.25) is 0 Å². The lowest BCUT2D eigenvalue weighted by atomic mass is 10.2. The Morgan fingerprint density at radius 1 is 0.912 bits per heavy atom. The van der Waals surface area contributed by atoms with Crippen LogP contribution in [-0.4, -0.2) is 22.2 Å². The largest absolute Gasteiger partial charge is 0.497 e. The van der Waals surface area contributed by atoms with Crippen molar-refractivity contribution in [2.75, 3.05) is 12.4 Å². The summed E-state index contributed by atoms with van der Waals surface area (Å²) in [6.07, 6.45) is 0. The van der Waals surface area contributed by atoms with Gasteiger partial charge in [0.1, 0.15) is 23.4 Å². The highest BCUT2D eigenvalue weighted by Gasteiger charge is 2.21. The Labute approximate surface area is 193 Å². The quantitative estimate of drug-likeness (QED) is 0.422. The molecule has 0 unspecified atom stereocenters. The number of aromatic nitrogens is 2. The number of rotatable bonds is 6. The molecule has 0 saturated carbocycles. The molecule has 0 aliphatic rings. The Morgan fingerprint density at radius 3 is 2.35 bits per heavy atom. The predicted octanol–water partition coefficient (Wildman–Crippen LogP) is 3.61. The van der Waals surface area contributed by atoms with Crippen molar-refractivity contribution in [1.82, 2.24) is 9.13 Å². The zero-order valence-electron chi connectivity index (χ0n) is 18.4. The molecule has 170 valence electrons. The van der Waals surface area contributed by atoms with Gasteiger partial charge in [-0.1, -0.05) is 42.5 Å². The van der Waals surface area contributed by atoms with E-state index in [0.717, 1.165) is 10.1 Å². The average molecular weight is 455 g/mol. The standard InChI is InChI=1S/C26H21N3O5/c1-33-19-13-11-18(12-14-19)27-22(30)16-28-23-20-9-5-6-10-21(20)34-24(23)25(31)29(26(28)32)15-17-7-3-2-4-8-17/h2-14H,15-16H2,1H3,(H,27,30). The molecule has 0 aliphatic heterocycles. The minimum absolute atomic E-state index is 0.0361. The minimum atomic E-state index is -0.585. The van der Waals surface area contributed by atoms with Gasteiger partial charge in [-0.25, -0.2) is 4.79 Å². The van der Waals surface area contributed by atoms with E-state index in [1.54, 1.807) is 55.6 Å². The number of anilines is 1. The predicted molar refractivity (Wildman–Crippen MR) is 129 cm³/mol. The lowest BCUT2D eigenvalue weighted by molar-refractivity contribution is -0.116. The Balaban J connectivity index is 1.61. The lowest BCUT2D eigenvalue weighted by Crippen LogP contribution is -2.41. The van der Waals surface area contributed by atoms with Crippen LogP contribution in [0.5, 0.6) is 5.75 Å². The van der Waals surface area contributed by atoms with Crippen molar-refractivity contribution in [2.24, 2.45) is 0 Å². The van der Waals surface area contributed by atoms with Crippen LogP contribution < -0.4 is 21.3 Å². The number of para-hydroxylation sites is 1. The molecule has 0 radical (unpaired) electrons. The molecule has 0 aliphatic carbocycles. The fourth-order valence-electron chi connectivity index (χ4n) is 3.97. The molecule has 0 fully saturated rings. The summed E-state index contributed by atoms with van der Waals surface area (Å²) in [5.41, 5.74) is 1.03. The topological polar surface area (TPSA) is 95.5 Å². The van der Waals surface area contributed by atoms with Crippen LogP contribution in [0.15, 0.2) is 92.9 Å². The molecule has 34 heavy (non-hydrogen) atoms. The first-order valence-electron chi connectivity index (χ1n) is 10.7. The van der Waals surface area contributed by atoms with Crippen molar-refractivity contribution in [1.29, 1.82) is 0 Å². The zero-order valence-corrected chi connectivity index (χ0v) is 18.4. The summed E-state index contributed by atoms with van der Waals surface area (Å²) in [6.45, 7) is -0.231. The van der Waals surface area contributed by atoms with Gasteiger partial charge >= 0.3 is 5.69 Å². The number of nitrogens with zero attached hydrogens (tertiary/aromatic N) is 2. The maximum atomic E-state index is 13.5. The molecular formula is C26H21N3O5. The van der Waals surface area contributed by atoms with Crippen molar-refractivity contribution in [2.45, 2.75) is 13.1 Å². The minimum Gasteiger partial charge on any atom is -0.497 e. The summed E-state index contributed by atoms with van der Waals surface area (Å²) in [7, 11) is 1.56. The van der Waals surface area contributed by atoms with Crippen molar-refractivity contribution in [3.63, 3.8) is 0 Å². The summed E-state index contributed by atoms with van der Waals surface area (Å²) in [5, 5.41) is 3.38.